The topological polar surface area (TPSA) is 49.9 Å². The molecule has 0 unspecified atom stereocenters. The molecule has 0 saturated carbocycles. The number of hydrogen-bond acceptors (Lipinski definition) is 4. The van der Waals surface area contributed by atoms with E-state index in [-0.39, 0.29) is 23.3 Å². The zero-order valence-corrected chi connectivity index (χ0v) is 13.1. The zero-order valence-electron chi connectivity index (χ0n) is 13.1. The van der Waals surface area contributed by atoms with Crippen molar-refractivity contribution in [3.8, 4) is 0 Å². The van der Waals surface area contributed by atoms with Gasteiger partial charge in [-0.15, -0.1) is 0 Å². The van der Waals surface area contributed by atoms with Crippen LogP contribution in [0.25, 0.3) is 0 Å². The van der Waals surface area contributed by atoms with Crippen molar-refractivity contribution >= 4 is 11.8 Å². The Bertz CT molecular complexity index is 429. The van der Waals surface area contributed by atoms with Gasteiger partial charge in [0.15, 0.2) is 0 Å². The first-order valence-electron chi connectivity index (χ1n) is 8.17. The fourth-order valence-corrected chi connectivity index (χ4v) is 3.78. The highest BCUT2D eigenvalue weighted by Crippen LogP contribution is 2.40. The van der Waals surface area contributed by atoms with E-state index in [9.17, 15) is 9.59 Å². The van der Waals surface area contributed by atoms with Gasteiger partial charge in [-0.3, -0.25) is 19.4 Å². The number of nitrogens with zero attached hydrogens (tertiary/aromatic N) is 2. The summed E-state index contributed by atoms with van der Waals surface area (Å²) < 4.78 is 5.54. The number of imide groups is 1. The molecule has 3 aliphatic heterocycles. The van der Waals surface area contributed by atoms with E-state index in [2.05, 4.69) is 18.7 Å². The smallest absolute Gasteiger partial charge is 0.247 e. The second-order valence-electron chi connectivity index (χ2n) is 7.31. The molecule has 3 aliphatic rings. The lowest BCUT2D eigenvalue weighted by Gasteiger charge is -2.25. The molecule has 0 aromatic heterocycles. The number of amides is 2. The van der Waals surface area contributed by atoms with Crippen LogP contribution in [0.3, 0.4) is 0 Å². The highest BCUT2D eigenvalue weighted by Gasteiger charge is 2.48. The number of likely N-dealkylation sites (tertiary alicyclic amines) is 2. The molecule has 3 fully saturated rings. The fraction of sp³-hybridized carbons (Fsp3) is 0.875. The van der Waals surface area contributed by atoms with E-state index in [4.69, 9.17) is 4.74 Å². The van der Waals surface area contributed by atoms with Crippen molar-refractivity contribution in [1.82, 2.24) is 9.80 Å². The molecular formula is C16H26N2O3. The second-order valence-corrected chi connectivity index (χ2v) is 7.31. The average Bonchev–Trinajstić information content (AvgIpc) is 3.12. The maximum absolute atomic E-state index is 12.6. The van der Waals surface area contributed by atoms with Crippen molar-refractivity contribution in [3.63, 3.8) is 0 Å². The molecule has 2 atom stereocenters. The third-order valence-corrected chi connectivity index (χ3v) is 5.24. The van der Waals surface area contributed by atoms with Gasteiger partial charge in [-0.25, -0.2) is 0 Å². The molecular weight excluding hydrogens is 268 g/mol. The van der Waals surface area contributed by atoms with Crippen LogP contribution in [-0.2, 0) is 14.3 Å². The summed E-state index contributed by atoms with van der Waals surface area (Å²) in [6.07, 6.45) is 3.45. The largest absolute Gasteiger partial charge is 0.381 e. The molecule has 2 amide bonds. The quantitative estimate of drug-likeness (QED) is 0.733. The Morgan fingerprint density at radius 2 is 2.14 bits per heavy atom. The van der Waals surface area contributed by atoms with Crippen molar-refractivity contribution in [2.75, 3.05) is 32.8 Å². The normalized spacial score (nSPS) is 34.0. The van der Waals surface area contributed by atoms with E-state index < -0.39 is 0 Å². The van der Waals surface area contributed by atoms with E-state index >= 15 is 0 Å². The van der Waals surface area contributed by atoms with Gasteiger partial charge in [0, 0.05) is 25.1 Å². The summed E-state index contributed by atoms with van der Waals surface area (Å²) in [6, 6.07) is -0.218. The molecule has 21 heavy (non-hydrogen) atoms. The minimum Gasteiger partial charge on any atom is -0.381 e. The second kappa shape index (κ2) is 5.69. The van der Waals surface area contributed by atoms with Crippen LogP contribution in [0.15, 0.2) is 0 Å². The first-order chi connectivity index (χ1) is 10.0. The molecule has 0 aromatic rings. The van der Waals surface area contributed by atoms with Gasteiger partial charge in [-0.05, 0) is 31.7 Å². The highest BCUT2D eigenvalue weighted by atomic mass is 16.5. The van der Waals surface area contributed by atoms with Gasteiger partial charge in [-0.1, -0.05) is 13.8 Å². The number of carbonyl (C=O) groups excluding carboxylic acids is 2. The summed E-state index contributed by atoms with van der Waals surface area (Å²) in [5, 5.41) is 0. The van der Waals surface area contributed by atoms with Gasteiger partial charge >= 0.3 is 0 Å². The van der Waals surface area contributed by atoms with Gasteiger partial charge in [0.2, 0.25) is 11.8 Å². The molecule has 0 aliphatic carbocycles. The molecule has 5 nitrogen and oxygen atoms in total. The van der Waals surface area contributed by atoms with E-state index in [0.717, 1.165) is 45.6 Å². The number of rotatable bonds is 4. The van der Waals surface area contributed by atoms with Crippen molar-refractivity contribution in [1.29, 1.82) is 0 Å². The molecule has 0 bridgehead atoms. The van der Waals surface area contributed by atoms with Gasteiger partial charge in [0.1, 0.15) is 0 Å². The van der Waals surface area contributed by atoms with E-state index in [1.54, 1.807) is 0 Å². The summed E-state index contributed by atoms with van der Waals surface area (Å²) in [5.41, 5.74) is 0.245. The Hall–Kier alpha value is -0.940. The average molecular weight is 294 g/mol. The summed E-state index contributed by atoms with van der Waals surface area (Å²) in [4.78, 5) is 28.4. The monoisotopic (exact) mass is 294 g/mol. The lowest BCUT2D eigenvalue weighted by molar-refractivity contribution is -0.139. The van der Waals surface area contributed by atoms with E-state index in [1.165, 1.54) is 4.90 Å². The van der Waals surface area contributed by atoms with Gasteiger partial charge in [0.05, 0.1) is 19.1 Å². The molecule has 0 aromatic carbocycles. The summed E-state index contributed by atoms with van der Waals surface area (Å²) in [6.45, 7) is 8.30. The minimum absolute atomic E-state index is 0.00859. The van der Waals surface area contributed by atoms with Crippen molar-refractivity contribution in [3.05, 3.63) is 0 Å². The van der Waals surface area contributed by atoms with Crippen LogP contribution >= 0.6 is 0 Å². The van der Waals surface area contributed by atoms with Crippen LogP contribution < -0.4 is 0 Å². The molecule has 3 rings (SSSR count). The van der Waals surface area contributed by atoms with Crippen molar-refractivity contribution in [2.24, 2.45) is 11.3 Å². The predicted octanol–water partition coefficient (Wildman–Crippen LogP) is 1.27. The SMILES string of the molecule is CC(C)CCN1C(=O)C[C@@H](N2CC[C@]3(CCOC3)C2)C1=O. The van der Waals surface area contributed by atoms with Crippen LogP contribution in [0.5, 0.6) is 0 Å². The Morgan fingerprint density at radius 3 is 2.81 bits per heavy atom. The molecule has 118 valence electrons. The maximum atomic E-state index is 12.6. The lowest BCUT2D eigenvalue weighted by atomic mass is 9.87. The maximum Gasteiger partial charge on any atom is 0.247 e. The van der Waals surface area contributed by atoms with E-state index in [1.807, 2.05) is 0 Å². The van der Waals surface area contributed by atoms with Gasteiger partial charge in [-0.2, -0.15) is 0 Å². The van der Waals surface area contributed by atoms with E-state index in [0.29, 0.717) is 18.9 Å². The highest BCUT2D eigenvalue weighted by molar-refractivity contribution is 6.05. The Morgan fingerprint density at radius 1 is 1.33 bits per heavy atom. The third-order valence-electron chi connectivity index (χ3n) is 5.24. The number of hydrogen-bond donors (Lipinski definition) is 0. The first-order valence-corrected chi connectivity index (χ1v) is 8.17. The van der Waals surface area contributed by atoms with Crippen LogP contribution in [0.2, 0.25) is 0 Å². The van der Waals surface area contributed by atoms with Crippen LogP contribution in [-0.4, -0.2) is 60.5 Å². The van der Waals surface area contributed by atoms with Crippen molar-refractivity contribution < 1.29 is 14.3 Å². The van der Waals surface area contributed by atoms with Crippen molar-refractivity contribution in [2.45, 2.75) is 45.6 Å². The zero-order chi connectivity index (χ0) is 15.0. The summed E-state index contributed by atoms with van der Waals surface area (Å²) in [5.74, 6) is 0.543. The third kappa shape index (κ3) is 2.86. The Kier molecular flexibility index (Phi) is 4.06. The van der Waals surface area contributed by atoms with Crippen LogP contribution in [0.1, 0.15) is 39.5 Å². The fourth-order valence-electron chi connectivity index (χ4n) is 3.78. The van der Waals surface area contributed by atoms with Crippen LogP contribution in [0.4, 0.5) is 0 Å². The molecule has 5 heteroatoms. The predicted molar refractivity (Wildman–Crippen MR) is 78.6 cm³/mol. The molecule has 3 heterocycles. The molecule has 0 N–H and O–H groups in total. The minimum atomic E-state index is -0.218. The Labute approximate surface area is 126 Å². The summed E-state index contributed by atoms with van der Waals surface area (Å²) in [7, 11) is 0. The number of carbonyl (C=O) groups is 2. The van der Waals surface area contributed by atoms with Gasteiger partial charge < -0.3 is 4.74 Å². The Balaban J connectivity index is 1.62. The number of ether oxygens (including phenoxy) is 1. The molecule has 3 saturated heterocycles. The standard InChI is InChI=1S/C16H26N2O3/c1-12(2)3-6-18-14(19)9-13(15(18)20)17-7-4-16(10-17)5-8-21-11-16/h12-13H,3-11H2,1-2H3/t13-,16+/m1/s1. The lowest BCUT2D eigenvalue weighted by Crippen LogP contribution is -2.42. The summed E-state index contributed by atoms with van der Waals surface area (Å²) >= 11 is 0. The first kappa shape index (κ1) is 15.0. The molecule has 1 spiro atoms. The van der Waals surface area contributed by atoms with Gasteiger partial charge in [0.25, 0.3) is 0 Å². The molecule has 0 radical (unpaired) electrons. The van der Waals surface area contributed by atoms with Crippen LogP contribution in [0, 0.1) is 11.3 Å².